The molecule has 0 fully saturated rings. The van der Waals surface area contributed by atoms with Crippen molar-refractivity contribution in [2.24, 2.45) is 0 Å². The summed E-state index contributed by atoms with van der Waals surface area (Å²) in [6.45, 7) is 2.46. The second kappa shape index (κ2) is 7.70. The van der Waals surface area contributed by atoms with Crippen LogP contribution in [0.25, 0.3) is 0 Å². The first kappa shape index (κ1) is 14.6. The molecule has 0 saturated heterocycles. The highest BCUT2D eigenvalue weighted by molar-refractivity contribution is 5.12. The van der Waals surface area contributed by atoms with Gasteiger partial charge in [0.25, 0.3) is 0 Å². The molecule has 2 rings (SSSR count). The summed E-state index contributed by atoms with van der Waals surface area (Å²) in [7, 11) is 0. The zero-order valence-corrected chi connectivity index (χ0v) is 11.8. The van der Waals surface area contributed by atoms with Crippen LogP contribution in [0.15, 0.2) is 40.9 Å². The molecule has 0 saturated carbocycles. The molecule has 0 bridgehead atoms. The lowest BCUT2D eigenvalue weighted by molar-refractivity contribution is 0.131. The van der Waals surface area contributed by atoms with Crippen LogP contribution in [0.3, 0.4) is 0 Å². The van der Waals surface area contributed by atoms with Gasteiger partial charge in [0.05, 0.1) is 0 Å². The molecule has 0 aliphatic rings. The molecule has 0 aromatic carbocycles. The van der Waals surface area contributed by atoms with E-state index in [-0.39, 0.29) is 0 Å². The Morgan fingerprint density at radius 1 is 1.25 bits per heavy atom. The van der Waals surface area contributed by atoms with E-state index in [2.05, 4.69) is 11.9 Å². The molecule has 0 radical (unpaired) electrons. The van der Waals surface area contributed by atoms with Gasteiger partial charge in [-0.05, 0) is 24.6 Å². The summed E-state index contributed by atoms with van der Waals surface area (Å²) >= 11 is 0. The van der Waals surface area contributed by atoms with E-state index >= 15 is 0 Å². The van der Waals surface area contributed by atoms with Crippen LogP contribution in [0, 0.1) is 0 Å². The van der Waals surface area contributed by atoms with E-state index in [4.69, 9.17) is 9.15 Å². The summed E-state index contributed by atoms with van der Waals surface area (Å²) in [6.07, 6.45) is 5.19. The molecule has 2 heterocycles. The minimum Gasteiger partial charge on any atom is -0.469 e. The summed E-state index contributed by atoms with van der Waals surface area (Å²) in [6, 6.07) is 9.15. The number of aromatic nitrogens is 1. The van der Waals surface area contributed by atoms with Gasteiger partial charge >= 0.3 is 0 Å². The van der Waals surface area contributed by atoms with E-state index in [1.807, 2.05) is 24.3 Å². The van der Waals surface area contributed by atoms with Gasteiger partial charge in [-0.15, -0.1) is 0 Å². The molecule has 4 nitrogen and oxygen atoms in total. The van der Waals surface area contributed by atoms with Crippen molar-refractivity contribution in [3.8, 4) is 5.88 Å². The van der Waals surface area contributed by atoms with Gasteiger partial charge in [-0.25, -0.2) is 4.98 Å². The molecule has 0 aliphatic carbocycles. The Morgan fingerprint density at radius 3 is 2.90 bits per heavy atom. The van der Waals surface area contributed by atoms with Crippen LogP contribution in [0.4, 0.5) is 0 Å². The number of hydrogen-bond acceptors (Lipinski definition) is 4. The summed E-state index contributed by atoms with van der Waals surface area (Å²) in [5.74, 6) is 1.87. The molecular weight excluding hydrogens is 254 g/mol. The number of aliphatic hydroxyl groups excluding tert-OH is 1. The standard InChI is InChI=1S/C16H21NO3/c1-2-3-4-7-14(18)15-10-9-13(20-15)12-19-16-8-5-6-11-17-16/h5-6,8-11,14,18H,2-4,7,12H2,1H3. The number of aliphatic hydroxyl groups is 1. The van der Waals surface area contributed by atoms with Crippen LogP contribution in [0.2, 0.25) is 0 Å². The minimum absolute atomic E-state index is 0.318. The highest BCUT2D eigenvalue weighted by Gasteiger charge is 2.12. The molecule has 0 amide bonds. The van der Waals surface area contributed by atoms with Crippen molar-refractivity contribution < 1.29 is 14.3 Å². The first-order valence-electron chi connectivity index (χ1n) is 7.10. The highest BCUT2D eigenvalue weighted by atomic mass is 16.5. The largest absolute Gasteiger partial charge is 0.469 e. The number of nitrogens with zero attached hydrogens (tertiary/aromatic N) is 1. The Kier molecular flexibility index (Phi) is 5.62. The van der Waals surface area contributed by atoms with E-state index in [0.29, 0.717) is 24.0 Å². The molecular formula is C16H21NO3. The Hall–Kier alpha value is -1.81. The van der Waals surface area contributed by atoms with Gasteiger partial charge < -0.3 is 14.3 Å². The van der Waals surface area contributed by atoms with E-state index in [1.54, 1.807) is 12.3 Å². The Balaban J connectivity index is 1.82. The number of pyridine rings is 1. The van der Waals surface area contributed by atoms with Gasteiger partial charge in [0.2, 0.25) is 5.88 Å². The van der Waals surface area contributed by atoms with Crippen LogP contribution in [0.5, 0.6) is 5.88 Å². The first-order valence-corrected chi connectivity index (χ1v) is 7.10. The summed E-state index contributed by atoms with van der Waals surface area (Å²) in [4.78, 5) is 4.07. The topological polar surface area (TPSA) is 55.5 Å². The quantitative estimate of drug-likeness (QED) is 0.743. The smallest absolute Gasteiger partial charge is 0.213 e. The zero-order valence-electron chi connectivity index (χ0n) is 11.8. The predicted octanol–water partition coefficient (Wildman–Crippen LogP) is 3.87. The molecule has 0 aliphatic heterocycles. The number of furan rings is 1. The fourth-order valence-corrected chi connectivity index (χ4v) is 1.96. The van der Waals surface area contributed by atoms with Crippen LogP contribution in [0.1, 0.15) is 50.2 Å². The maximum Gasteiger partial charge on any atom is 0.213 e. The van der Waals surface area contributed by atoms with Gasteiger partial charge in [-0.1, -0.05) is 32.3 Å². The van der Waals surface area contributed by atoms with Gasteiger partial charge in [0.15, 0.2) is 0 Å². The first-order chi connectivity index (χ1) is 9.79. The number of ether oxygens (including phenoxy) is 1. The molecule has 20 heavy (non-hydrogen) atoms. The number of hydrogen-bond donors (Lipinski definition) is 1. The molecule has 1 atom stereocenters. The van der Waals surface area contributed by atoms with Crippen molar-refractivity contribution in [2.75, 3.05) is 0 Å². The third kappa shape index (κ3) is 4.38. The van der Waals surface area contributed by atoms with Crippen LogP contribution in [-0.4, -0.2) is 10.1 Å². The van der Waals surface area contributed by atoms with E-state index in [1.165, 1.54) is 0 Å². The third-order valence-corrected chi connectivity index (χ3v) is 3.09. The lowest BCUT2D eigenvalue weighted by Crippen LogP contribution is -1.97. The monoisotopic (exact) mass is 275 g/mol. The molecule has 2 aromatic heterocycles. The summed E-state index contributed by atoms with van der Waals surface area (Å²) < 4.78 is 11.1. The average molecular weight is 275 g/mol. The molecule has 2 aromatic rings. The SMILES string of the molecule is CCCCCC(O)c1ccc(COc2ccccn2)o1. The predicted molar refractivity (Wildman–Crippen MR) is 76.4 cm³/mol. The molecule has 0 spiro atoms. The zero-order chi connectivity index (χ0) is 14.2. The Bertz CT molecular complexity index is 495. The second-order valence-electron chi connectivity index (χ2n) is 4.77. The van der Waals surface area contributed by atoms with Crippen molar-refractivity contribution in [1.82, 2.24) is 4.98 Å². The van der Waals surface area contributed by atoms with E-state index in [9.17, 15) is 5.11 Å². The lowest BCUT2D eigenvalue weighted by Gasteiger charge is -2.07. The van der Waals surface area contributed by atoms with E-state index in [0.717, 1.165) is 25.7 Å². The number of rotatable bonds is 8. The number of unbranched alkanes of at least 4 members (excludes halogenated alkanes) is 2. The molecule has 108 valence electrons. The minimum atomic E-state index is -0.523. The Labute approximate surface area is 119 Å². The van der Waals surface area contributed by atoms with Crippen molar-refractivity contribution in [3.05, 3.63) is 48.0 Å². The fourth-order valence-electron chi connectivity index (χ4n) is 1.96. The van der Waals surface area contributed by atoms with Gasteiger partial charge in [-0.2, -0.15) is 0 Å². The summed E-state index contributed by atoms with van der Waals surface area (Å²) in [5, 5.41) is 10.00. The van der Waals surface area contributed by atoms with Crippen molar-refractivity contribution >= 4 is 0 Å². The van der Waals surface area contributed by atoms with Crippen LogP contribution in [-0.2, 0) is 6.61 Å². The fraction of sp³-hybridized carbons (Fsp3) is 0.438. The Morgan fingerprint density at radius 2 is 2.15 bits per heavy atom. The molecule has 1 unspecified atom stereocenters. The van der Waals surface area contributed by atoms with Crippen molar-refractivity contribution in [3.63, 3.8) is 0 Å². The molecule has 4 heteroatoms. The van der Waals surface area contributed by atoms with Crippen molar-refractivity contribution in [2.45, 2.75) is 45.3 Å². The maximum absolute atomic E-state index is 10.00. The maximum atomic E-state index is 10.00. The summed E-state index contributed by atoms with van der Waals surface area (Å²) in [5.41, 5.74) is 0. The van der Waals surface area contributed by atoms with Crippen LogP contribution < -0.4 is 4.74 Å². The van der Waals surface area contributed by atoms with E-state index < -0.39 is 6.10 Å². The highest BCUT2D eigenvalue weighted by Crippen LogP contribution is 2.22. The van der Waals surface area contributed by atoms with Gasteiger partial charge in [-0.3, -0.25) is 0 Å². The third-order valence-electron chi connectivity index (χ3n) is 3.09. The second-order valence-corrected chi connectivity index (χ2v) is 4.77. The molecule has 1 N–H and O–H groups in total. The van der Waals surface area contributed by atoms with Gasteiger partial charge in [0, 0.05) is 12.3 Å². The average Bonchev–Trinajstić information content (AvgIpc) is 2.95. The lowest BCUT2D eigenvalue weighted by atomic mass is 10.1. The van der Waals surface area contributed by atoms with Crippen molar-refractivity contribution in [1.29, 1.82) is 0 Å². The normalized spacial score (nSPS) is 12.3. The van der Waals surface area contributed by atoms with Crippen LogP contribution >= 0.6 is 0 Å². The van der Waals surface area contributed by atoms with Gasteiger partial charge in [0.1, 0.15) is 24.2 Å².